The van der Waals surface area contributed by atoms with Crippen molar-refractivity contribution in [1.29, 1.82) is 0 Å². The molecule has 1 aromatic carbocycles. The van der Waals surface area contributed by atoms with E-state index in [0.29, 0.717) is 0 Å². The predicted molar refractivity (Wildman–Crippen MR) is 61.9 cm³/mol. The van der Waals surface area contributed by atoms with Gasteiger partial charge in [-0.3, -0.25) is 0 Å². The molecule has 2 aromatic rings. The fourth-order valence-corrected chi connectivity index (χ4v) is 1.97. The fraction of sp³-hybridized carbons (Fsp3) is 0.222. The molecule has 0 spiro atoms. The number of nitrogens with zero attached hydrogens (tertiary/aromatic N) is 1. The van der Waals surface area contributed by atoms with Crippen molar-refractivity contribution in [3.8, 4) is 0 Å². The maximum atomic E-state index is 4.20. The molecular formula is C9H12N2S2. The summed E-state index contributed by atoms with van der Waals surface area (Å²) in [5.74, 6) is 0. The second kappa shape index (κ2) is 5.21. The van der Waals surface area contributed by atoms with Crippen molar-refractivity contribution in [3.05, 3.63) is 24.3 Å². The lowest BCUT2D eigenvalue weighted by molar-refractivity contribution is 1.02. The normalized spacial score (nSPS) is 9.46. The Morgan fingerprint density at radius 2 is 1.92 bits per heavy atom. The molecule has 0 fully saturated rings. The summed E-state index contributed by atoms with van der Waals surface area (Å²) in [4.78, 5) is 4.20. The molecule has 0 aliphatic heterocycles. The molecular weight excluding hydrogens is 200 g/mol. The van der Waals surface area contributed by atoms with E-state index in [2.05, 4.69) is 22.9 Å². The highest BCUT2D eigenvalue weighted by Gasteiger charge is 1.96. The molecule has 1 N–H and O–H groups in total. The minimum atomic E-state index is 0.834. The van der Waals surface area contributed by atoms with Gasteiger partial charge in [-0.15, -0.1) is 24.0 Å². The molecule has 4 heteroatoms. The Bertz CT molecular complexity index is 337. The average molecular weight is 212 g/mol. The Morgan fingerprint density at radius 1 is 1.31 bits per heavy atom. The molecule has 1 heterocycles. The number of thiazole rings is 1. The molecule has 2 nitrogen and oxygen atoms in total. The minimum Gasteiger partial charge on any atom is -0.323 e. The van der Waals surface area contributed by atoms with Crippen molar-refractivity contribution < 1.29 is 0 Å². The molecule has 0 aliphatic carbocycles. The van der Waals surface area contributed by atoms with E-state index < -0.39 is 0 Å². The second-order valence-electron chi connectivity index (χ2n) is 2.46. The molecule has 0 bridgehead atoms. The predicted octanol–water partition coefficient (Wildman–Crippen LogP) is 2.42. The highest BCUT2D eigenvalue weighted by atomic mass is 32.2. The first kappa shape index (κ1) is 10.5. The summed E-state index contributed by atoms with van der Waals surface area (Å²) in [7, 11) is 3.75. The minimum absolute atomic E-state index is 0.834. The topological polar surface area (TPSA) is 24.9 Å². The summed E-state index contributed by atoms with van der Waals surface area (Å²) in [6.45, 7) is 0. The lowest BCUT2D eigenvalue weighted by Gasteiger charge is -1.80. The summed E-state index contributed by atoms with van der Waals surface area (Å²) in [5.41, 5.74) is 1.04. The summed E-state index contributed by atoms with van der Waals surface area (Å²) in [6.07, 6.45) is 0. The monoisotopic (exact) mass is 212 g/mol. The maximum absolute atomic E-state index is 4.20. The van der Waals surface area contributed by atoms with Gasteiger partial charge in [-0.05, 0) is 26.2 Å². The second-order valence-corrected chi connectivity index (χ2v) is 4.22. The van der Waals surface area contributed by atoms with Crippen LogP contribution in [0.1, 0.15) is 0 Å². The number of benzene rings is 1. The lowest BCUT2D eigenvalue weighted by Crippen LogP contribution is -1.89. The van der Waals surface area contributed by atoms with E-state index in [1.54, 1.807) is 11.3 Å². The third-order valence-electron chi connectivity index (χ3n) is 1.28. The quantitative estimate of drug-likeness (QED) is 0.656. The highest BCUT2D eigenvalue weighted by Crippen LogP contribution is 2.23. The summed E-state index contributed by atoms with van der Waals surface area (Å²) in [5, 5.41) is 2.75. The van der Waals surface area contributed by atoms with Crippen molar-refractivity contribution in [3.63, 3.8) is 0 Å². The number of aromatic nitrogens is 1. The molecule has 0 unspecified atom stereocenters. The fourth-order valence-electron chi connectivity index (χ4n) is 0.860. The van der Waals surface area contributed by atoms with Gasteiger partial charge in [-0.1, -0.05) is 12.1 Å². The number of para-hydroxylation sites is 1. The van der Waals surface area contributed by atoms with E-state index in [4.69, 9.17) is 0 Å². The van der Waals surface area contributed by atoms with E-state index in [1.807, 2.05) is 38.4 Å². The first-order valence-electron chi connectivity index (χ1n) is 3.91. The molecule has 0 saturated carbocycles. The summed E-state index contributed by atoms with van der Waals surface area (Å²) in [6, 6.07) is 8.03. The molecule has 1 aromatic heterocycles. The van der Waals surface area contributed by atoms with E-state index in [-0.39, 0.29) is 0 Å². The number of nitrogens with one attached hydrogen (secondary N) is 1. The Hall–Kier alpha value is -0.580. The molecule has 0 atom stereocenters. The lowest BCUT2D eigenvalue weighted by atomic mass is 10.3. The van der Waals surface area contributed by atoms with Gasteiger partial charge in [-0.25, -0.2) is 4.98 Å². The largest absolute Gasteiger partial charge is 0.323 e. The van der Waals surface area contributed by atoms with Crippen LogP contribution in [0.25, 0.3) is 10.2 Å². The van der Waals surface area contributed by atoms with Gasteiger partial charge in [0, 0.05) is 0 Å². The Labute approximate surface area is 87.4 Å². The summed E-state index contributed by atoms with van der Waals surface area (Å²) >= 11 is 5.76. The molecule has 2 rings (SSSR count). The van der Waals surface area contributed by atoms with Crippen molar-refractivity contribution in [1.82, 2.24) is 10.3 Å². The zero-order valence-corrected chi connectivity index (χ0v) is 9.32. The SMILES string of the molecule is CNC.Sc1nc2ccccc2s1. The van der Waals surface area contributed by atoms with Crippen LogP contribution in [-0.4, -0.2) is 19.1 Å². The molecule has 0 aliphatic rings. The first-order valence-corrected chi connectivity index (χ1v) is 5.17. The van der Waals surface area contributed by atoms with Gasteiger partial charge >= 0.3 is 0 Å². The van der Waals surface area contributed by atoms with Gasteiger partial charge in [0.15, 0.2) is 0 Å². The van der Waals surface area contributed by atoms with Crippen LogP contribution in [0.3, 0.4) is 0 Å². The zero-order chi connectivity index (χ0) is 9.68. The molecule has 70 valence electrons. The summed E-state index contributed by atoms with van der Waals surface area (Å²) < 4.78 is 2.04. The van der Waals surface area contributed by atoms with Crippen molar-refractivity contribution in [2.24, 2.45) is 0 Å². The molecule has 0 amide bonds. The number of fused-ring (bicyclic) bond motifs is 1. The maximum Gasteiger partial charge on any atom is 0.148 e. The van der Waals surface area contributed by atoms with Crippen LogP contribution in [0.15, 0.2) is 28.6 Å². The van der Waals surface area contributed by atoms with Gasteiger partial charge in [0.05, 0.1) is 10.2 Å². The zero-order valence-electron chi connectivity index (χ0n) is 7.61. The van der Waals surface area contributed by atoms with Gasteiger partial charge in [0.25, 0.3) is 0 Å². The Kier molecular flexibility index (Phi) is 4.21. The van der Waals surface area contributed by atoms with Crippen LogP contribution in [0.4, 0.5) is 0 Å². The van der Waals surface area contributed by atoms with Gasteiger partial charge in [-0.2, -0.15) is 0 Å². The standard InChI is InChI=1S/C7H5NS2.C2H7N/c9-7-8-5-3-1-2-4-6(5)10-7;1-3-2/h1-4H,(H,8,9);3H,1-2H3. The smallest absolute Gasteiger partial charge is 0.148 e. The molecule has 13 heavy (non-hydrogen) atoms. The number of hydrogen-bond donors (Lipinski definition) is 2. The van der Waals surface area contributed by atoms with Crippen LogP contribution in [0, 0.1) is 0 Å². The van der Waals surface area contributed by atoms with Crippen molar-refractivity contribution in [2.75, 3.05) is 14.1 Å². The Balaban J connectivity index is 0.000000251. The van der Waals surface area contributed by atoms with Gasteiger partial charge in [0.1, 0.15) is 4.34 Å². The van der Waals surface area contributed by atoms with Crippen LogP contribution in [-0.2, 0) is 0 Å². The Morgan fingerprint density at radius 3 is 2.54 bits per heavy atom. The van der Waals surface area contributed by atoms with Crippen molar-refractivity contribution in [2.45, 2.75) is 4.34 Å². The number of rotatable bonds is 0. The van der Waals surface area contributed by atoms with E-state index in [0.717, 1.165) is 9.86 Å². The number of thiol groups is 1. The van der Waals surface area contributed by atoms with Crippen LogP contribution < -0.4 is 5.32 Å². The molecule has 0 radical (unpaired) electrons. The van der Waals surface area contributed by atoms with Crippen LogP contribution in [0.5, 0.6) is 0 Å². The van der Waals surface area contributed by atoms with Crippen LogP contribution >= 0.6 is 24.0 Å². The third kappa shape index (κ3) is 2.99. The number of hydrogen-bond acceptors (Lipinski definition) is 4. The van der Waals surface area contributed by atoms with E-state index >= 15 is 0 Å². The highest BCUT2D eigenvalue weighted by molar-refractivity contribution is 7.82. The van der Waals surface area contributed by atoms with Crippen LogP contribution in [0.2, 0.25) is 0 Å². The van der Waals surface area contributed by atoms with E-state index in [9.17, 15) is 0 Å². The van der Waals surface area contributed by atoms with Crippen molar-refractivity contribution >= 4 is 34.2 Å². The molecule has 0 saturated heterocycles. The third-order valence-corrected chi connectivity index (χ3v) is 2.50. The van der Waals surface area contributed by atoms with Gasteiger partial charge < -0.3 is 5.32 Å². The average Bonchev–Trinajstić information content (AvgIpc) is 2.45. The van der Waals surface area contributed by atoms with E-state index in [1.165, 1.54) is 4.70 Å². The van der Waals surface area contributed by atoms with Gasteiger partial charge in [0.2, 0.25) is 0 Å². The first-order chi connectivity index (χ1) is 6.27.